The largest absolute Gasteiger partial charge is 0.350 e. The molecule has 2 nitrogen and oxygen atoms in total. The Bertz CT molecular complexity index is 487. The van der Waals surface area contributed by atoms with Gasteiger partial charge in [0.1, 0.15) is 0 Å². The summed E-state index contributed by atoms with van der Waals surface area (Å²) in [5.74, 6) is -0.254. The zero-order valence-electron chi connectivity index (χ0n) is 18.9. The van der Waals surface area contributed by atoms with E-state index in [0.717, 1.165) is 38.9 Å². The molecule has 2 rings (SSSR count). The maximum atomic E-state index is 6.09. The van der Waals surface area contributed by atoms with Crippen LogP contribution in [0.5, 0.6) is 0 Å². The van der Waals surface area contributed by atoms with Crippen LogP contribution in [0.3, 0.4) is 0 Å². The van der Waals surface area contributed by atoms with Crippen LogP contribution in [0.1, 0.15) is 94.7 Å². The third-order valence-corrected chi connectivity index (χ3v) is 6.23. The predicted molar refractivity (Wildman–Crippen MR) is 138 cm³/mol. The molecule has 0 radical (unpaired) electrons. The van der Waals surface area contributed by atoms with Crippen molar-refractivity contribution in [3.8, 4) is 0 Å². The Labute approximate surface area is 194 Å². The van der Waals surface area contributed by atoms with Gasteiger partial charge in [-0.25, -0.2) is 0 Å². The number of halogens is 1. The first kappa shape index (κ1) is 28.3. The monoisotopic (exact) mass is 522 g/mol. The quantitative estimate of drug-likeness (QED) is 0.220. The molecule has 4 heteroatoms. The Balaban J connectivity index is 0.000000567. The number of hydrogen-bond donors (Lipinski definition) is 0. The Morgan fingerprint density at radius 2 is 1.25 bits per heavy atom. The van der Waals surface area contributed by atoms with Crippen LogP contribution in [0.15, 0.2) is 12.1 Å². The van der Waals surface area contributed by atoms with Gasteiger partial charge in [0.25, 0.3) is 0 Å². The van der Waals surface area contributed by atoms with Gasteiger partial charge >= 0.3 is 0 Å². The zero-order valence-corrected chi connectivity index (χ0v) is 22.4. The summed E-state index contributed by atoms with van der Waals surface area (Å²) < 4.78 is 12.2. The third kappa shape index (κ3) is 10.4. The molecule has 1 fully saturated rings. The van der Waals surface area contributed by atoms with Crippen LogP contribution >= 0.6 is 33.2 Å². The molecule has 0 amide bonds. The molecule has 1 unspecified atom stereocenters. The van der Waals surface area contributed by atoms with Crippen LogP contribution in [0.2, 0.25) is 0 Å². The molecule has 1 atom stereocenters. The van der Waals surface area contributed by atoms with E-state index in [1.807, 2.05) is 0 Å². The molecule has 1 aliphatic rings. The van der Waals surface area contributed by atoms with Crippen molar-refractivity contribution in [3.05, 3.63) is 28.8 Å². The molecule has 164 valence electrons. The summed E-state index contributed by atoms with van der Waals surface area (Å²) in [5.41, 5.74) is 4.18. The van der Waals surface area contributed by atoms with E-state index in [4.69, 9.17) is 9.47 Å². The molecule has 1 aromatic carbocycles. The molecule has 1 aromatic rings. The van der Waals surface area contributed by atoms with Gasteiger partial charge in [0, 0.05) is 26.1 Å². The van der Waals surface area contributed by atoms with Crippen molar-refractivity contribution in [2.24, 2.45) is 0 Å². The lowest BCUT2D eigenvalue weighted by molar-refractivity contribution is -0.246. The molecule has 0 bridgehead atoms. The molecule has 0 aromatic heterocycles. The molecule has 0 saturated heterocycles. The van der Waals surface area contributed by atoms with Crippen LogP contribution in [0.25, 0.3) is 0 Å². The third-order valence-electron chi connectivity index (χ3n) is 5.60. The second kappa shape index (κ2) is 16.1. The first-order valence-electron chi connectivity index (χ1n) is 11.1. The Morgan fingerprint density at radius 3 is 1.68 bits per heavy atom. The van der Waals surface area contributed by atoms with E-state index in [-0.39, 0.29) is 29.8 Å². The fraction of sp³-hybridized carbons (Fsp3) is 0.750. The van der Waals surface area contributed by atoms with Crippen molar-refractivity contribution in [2.45, 2.75) is 105 Å². The van der Waals surface area contributed by atoms with E-state index < -0.39 is 0 Å². The number of benzene rings is 1. The van der Waals surface area contributed by atoms with Gasteiger partial charge in [-0.3, -0.25) is 0 Å². The van der Waals surface area contributed by atoms with Crippen molar-refractivity contribution in [1.29, 1.82) is 0 Å². The number of rotatable bonds is 6. The van der Waals surface area contributed by atoms with Gasteiger partial charge in [0.05, 0.1) is 0 Å². The average molecular weight is 522 g/mol. The summed E-state index contributed by atoms with van der Waals surface area (Å²) in [6.07, 6.45) is 12.3. The van der Waals surface area contributed by atoms with E-state index in [1.54, 1.807) is 0 Å². The molecule has 0 aliphatic heterocycles. The second-order valence-electron chi connectivity index (χ2n) is 7.95. The standard InChI is InChI=1S/C15H30O2.C9H13P.HI/c1-3-13-16-15(17-14-4-2)11-9-7-5-6-8-10-12-15;1-6-4-5-9(10)8(3)7(6)2;/h3-14H2,1-2H3;4-5H,10H2,1-3H3;1H. The summed E-state index contributed by atoms with van der Waals surface area (Å²) in [6.45, 7) is 12.5. The van der Waals surface area contributed by atoms with Crippen LogP contribution < -0.4 is 5.30 Å². The maximum Gasteiger partial charge on any atom is 0.168 e. The van der Waals surface area contributed by atoms with Crippen LogP contribution in [-0.4, -0.2) is 19.0 Å². The first-order chi connectivity index (χ1) is 13.0. The maximum absolute atomic E-state index is 6.09. The molecule has 1 saturated carbocycles. The summed E-state index contributed by atoms with van der Waals surface area (Å²) >= 11 is 0. The zero-order chi connectivity index (χ0) is 20.1. The van der Waals surface area contributed by atoms with Gasteiger partial charge in [0.15, 0.2) is 5.79 Å². The molecule has 0 N–H and O–H groups in total. The highest BCUT2D eigenvalue weighted by atomic mass is 127. The molecule has 0 spiro atoms. The Morgan fingerprint density at radius 1 is 0.786 bits per heavy atom. The minimum Gasteiger partial charge on any atom is -0.350 e. The highest BCUT2D eigenvalue weighted by Gasteiger charge is 2.31. The molecule has 0 heterocycles. The Kier molecular flexibility index (Phi) is 16.2. The normalized spacial score (nSPS) is 16.6. The first-order valence-corrected chi connectivity index (χ1v) is 11.6. The van der Waals surface area contributed by atoms with Crippen molar-refractivity contribution >= 4 is 38.5 Å². The van der Waals surface area contributed by atoms with Gasteiger partial charge < -0.3 is 9.47 Å². The van der Waals surface area contributed by atoms with Gasteiger partial charge in [-0.15, -0.1) is 33.2 Å². The van der Waals surface area contributed by atoms with E-state index >= 15 is 0 Å². The van der Waals surface area contributed by atoms with Crippen molar-refractivity contribution in [1.82, 2.24) is 0 Å². The second-order valence-corrected chi connectivity index (χ2v) is 8.57. The van der Waals surface area contributed by atoms with Crippen LogP contribution in [-0.2, 0) is 9.47 Å². The minimum atomic E-state index is -0.254. The fourth-order valence-corrected chi connectivity index (χ4v) is 3.82. The van der Waals surface area contributed by atoms with E-state index in [2.05, 4.69) is 56.0 Å². The average Bonchev–Trinajstić information content (AvgIpc) is 2.79. The summed E-state index contributed by atoms with van der Waals surface area (Å²) in [7, 11) is 2.74. The molecular weight excluding hydrogens is 478 g/mol. The van der Waals surface area contributed by atoms with Gasteiger partial charge in [-0.05, 0) is 68.4 Å². The van der Waals surface area contributed by atoms with E-state index in [9.17, 15) is 0 Å². The summed E-state index contributed by atoms with van der Waals surface area (Å²) in [4.78, 5) is 0. The lowest BCUT2D eigenvalue weighted by Crippen LogP contribution is -2.36. The Hall–Kier alpha value is 0.300. The lowest BCUT2D eigenvalue weighted by Gasteiger charge is -2.34. The molecular formula is C24H44IO2P. The van der Waals surface area contributed by atoms with E-state index in [1.165, 1.54) is 60.5 Å². The van der Waals surface area contributed by atoms with Crippen LogP contribution in [0.4, 0.5) is 0 Å². The van der Waals surface area contributed by atoms with Gasteiger partial charge in [0.2, 0.25) is 0 Å². The smallest absolute Gasteiger partial charge is 0.168 e. The topological polar surface area (TPSA) is 18.5 Å². The summed E-state index contributed by atoms with van der Waals surface area (Å²) in [6, 6.07) is 4.30. The minimum absolute atomic E-state index is 0. The van der Waals surface area contributed by atoms with Gasteiger partial charge in [-0.1, -0.05) is 51.7 Å². The van der Waals surface area contributed by atoms with Crippen molar-refractivity contribution in [2.75, 3.05) is 13.2 Å². The number of ether oxygens (including phenoxy) is 2. The predicted octanol–water partition coefficient (Wildman–Crippen LogP) is 7.40. The fourth-order valence-electron chi connectivity index (χ4n) is 3.50. The summed E-state index contributed by atoms with van der Waals surface area (Å²) in [5, 5.41) is 1.31. The van der Waals surface area contributed by atoms with Crippen molar-refractivity contribution in [3.63, 3.8) is 0 Å². The van der Waals surface area contributed by atoms with Crippen LogP contribution in [0, 0.1) is 20.8 Å². The number of aryl methyl sites for hydroxylation is 1. The highest BCUT2D eigenvalue weighted by molar-refractivity contribution is 14.0. The lowest BCUT2D eigenvalue weighted by atomic mass is 10.0. The van der Waals surface area contributed by atoms with Gasteiger partial charge in [-0.2, -0.15) is 0 Å². The molecule has 28 heavy (non-hydrogen) atoms. The highest BCUT2D eigenvalue weighted by Crippen LogP contribution is 2.30. The molecule has 1 aliphatic carbocycles. The van der Waals surface area contributed by atoms with Crippen molar-refractivity contribution < 1.29 is 9.47 Å². The SMILES string of the molecule is CCCOC1(OCCC)CCCCCCCC1.Cc1ccc(P)c(C)c1C.I. The van der Waals surface area contributed by atoms with E-state index in [0.29, 0.717) is 0 Å². The number of hydrogen-bond acceptors (Lipinski definition) is 2.